The molecule has 0 unspecified atom stereocenters. The normalized spacial score (nSPS) is 11.0. The second kappa shape index (κ2) is 5.61. The maximum Gasteiger partial charge on any atom is 0.353 e. The van der Waals surface area contributed by atoms with E-state index in [1.165, 1.54) is 5.56 Å². The number of hydrogen-bond donors (Lipinski definition) is 1. The zero-order valence-corrected chi connectivity index (χ0v) is 12.8. The lowest BCUT2D eigenvalue weighted by molar-refractivity contribution is -0.718. The summed E-state index contributed by atoms with van der Waals surface area (Å²) in [7, 11) is 0. The molecule has 2 aromatic carbocycles. The van der Waals surface area contributed by atoms with Gasteiger partial charge in [-0.1, -0.05) is 60.1 Å². The van der Waals surface area contributed by atoms with Gasteiger partial charge in [0.05, 0.1) is 0 Å². The fourth-order valence-corrected chi connectivity index (χ4v) is 2.53. The quantitative estimate of drug-likeness (QED) is 0.595. The lowest BCUT2D eigenvalue weighted by atomic mass is 10.0. The van der Waals surface area contributed by atoms with Crippen molar-refractivity contribution in [3.05, 3.63) is 64.9 Å². The molecule has 0 bridgehead atoms. The van der Waals surface area contributed by atoms with Gasteiger partial charge in [0.25, 0.3) is 0 Å². The van der Waals surface area contributed by atoms with Crippen LogP contribution in [0.5, 0.6) is 0 Å². The Labute approximate surface area is 128 Å². The predicted octanol–water partition coefficient (Wildman–Crippen LogP) is 3.33. The molecule has 0 aliphatic carbocycles. The topological polar surface area (TPSA) is 37.5 Å². The Morgan fingerprint density at radius 3 is 2.43 bits per heavy atom. The molecule has 3 aromatic rings. The van der Waals surface area contributed by atoms with Crippen LogP contribution in [-0.4, -0.2) is 15.0 Å². The summed E-state index contributed by atoms with van der Waals surface area (Å²) in [4.78, 5) is 1.69. The molecule has 0 saturated heterocycles. The summed E-state index contributed by atoms with van der Waals surface area (Å²) in [6.07, 6.45) is 0. The van der Waals surface area contributed by atoms with Crippen LogP contribution >= 0.6 is 12.2 Å². The number of para-hydroxylation sites is 2. The fourth-order valence-electron chi connectivity index (χ4n) is 2.31. The molecule has 0 radical (unpaired) electrons. The Kier molecular flexibility index (Phi) is 3.66. The van der Waals surface area contributed by atoms with Crippen LogP contribution in [0.2, 0.25) is 0 Å². The van der Waals surface area contributed by atoms with Crippen molar-refractivity contribution < 1.29 is 4.80 Å². The molecule has 0 aliphatic rings. The van der Waals surface area contributed by atoms with E-state index >= 15 is 0 Å². The second-order valence-corrected chi connectivity index (χ2v) is 5.54. The van der Waals surface area contributed by atoms with Gasteiger partial charge in [-0.3, -0.25) is 0 Å². The summed E-state index contributed by atoms with van der Waals surface area (Å²) in [6, 6.07) is 18.1. The third-order valence-electron chi connectivity index (χ3n) is 3.37. The van der Waals surface area contributed by atoms with E-state index in [-0.39, 0.29) is 0 Å². The van der Waals surface area contributed by atoms with Crippen molar-refractivity contribution in [3.63, 3.8) is 0 Å². The predicted molar refractivity (Wildman–Crippen MR) is 84.4 cm³/mol. The van der Waals surface area contributed by atoms with Crippen molar-refractivity contribution in [2.45, 2.75) is 19.8 Å². The van der Waals surface area contributed by atoms with Crippen LogP contribution in [0, 0.1) is 4.77 Å². The van der Waals surface area contributed by atoms with Crippen molar-refractivity contribution in [2.24, 2.45) is 0 Å². The van der Waals surface area contributed by atoms with E-state index in [0.29, 0.717) is 10.7 Å². The first-order valence-electron chi connectivity index (χ1n) is 6.93. The van der Waals surface area contributed by atoms with Gasteiger partial charge in [0.15, 0.2) is 11.4 Å². The number of nitrogens with zero attached hydrogens (tertiary/aromatic N) is 3. The highest BCUT2D eigenvalue weighted by Gasteiger charge is 2.17. The number of H-pyrrole nitrogens is 1. The largest absolute Gasteiger partial charge is 0.353 e. The molecule has 1 N–H and O–H groups in total. The highest BCUT2D eigenvalue weighted by atomic mass is 32.1. The fraction of sp³-hybridized carbons (Fsp3) is 0.188. The summed E-state index contributed by atoms with van der Waals surface area (Å²) in [5, 5.41) is 7.62. The van der Waals surface area contributed by atoms with Crippen LogP contribution in [0.25, 0.3) is 11.4 Å². The van der Waals surface area contributed by atoms with Crippen molar-refractivity contribution in [1.29, 1.82) is 0 Å². The minimum Gasteiger partial charge on any atom is -0.0938 e. The van der Waals surface area contributed by atoms with Crippen molar-refractivity contribution >= 4 is 12.2 Å². The molecule has 106 valence electrons. The number of benzene rings is 2. The summed E-state index contributed by atoms with van der Waals surface area (Å²) >= 11 is 5.40. The van der Waals surface area contributed by atoms with E-state index in [2.05, 4.69) is 36.3 Å². The summed E-state index contributed by atoms with van der Waals surface area (Å²) in [5.74, 6) is 0.413. The smallest absolute Gasteiger partial charge is 0.0938 e. The minimum absolute atomic E-state index is 0.413. The molecule has 21 heavy (non-hydrogen) atoms. The first-order valence-corrected chi connectivity index (χ1v) is 7.34. The Hall–Kier alpha value is -2.27. The minimum atomic E-state index is 0.413. The molecular formula is C16H17N4S+. The Morgan fingerprint density at radius 1 is 1.05 bits per heavy atom. The highest BCUT2D eigenvalue weighted by Crippen LogP contribution is 2.21. The average Bonchev–Trinajstić information content (AvgIpc) is 2.90. The number of aromatic amines is 1. The maximum absolute atomic E-state index is 5.40. The van der Waals surface area contributed by atoms with Crippen molar-refractivity contribution in [1.82, 2.24) is 15.0 Å². The van der Waals surface area contributed by atoms with E-state index in [1.54, 1.807) is 4.80 Å². The second-order valence-electron chi connectivity index (χ2n) is 5.18. The molecule has 0 atom stereocenters. The molecule has 0 spiro atoms. The van der Waals surface area contributed by atoms with Gasteiger partial charge < -0.3 is 0 Å². The third-order valence-corrected chi connectivity index (χ3v) is 3.64. The van der Waals surface area contributed by atoms with Gasteiger partial charge in [-0.15, -0.1) is 0 Å². The lowest BCUT2D eigenvalue weighted by Crippen LogP contribution is -2.36. The van der Waals surface area contributed by atoms with E-state index in [0.717, 1.165) is 11.4 Å². The number of hydrogen-bond acceptors (Lipinski definition) is 2. The van der Waals surface area contributed by atoms with E-state index in [9.17, 15) is 0 Å². The average molecular weight is 297 g/mol. The van der Waals surface area contributed by atoms with Crippen LogP contribution in [0.4, 0.5) is 0 Å². The zero-order chi connectivity index (χ0) is 14.8. The van der Waals surface area contributed by atoms with Gasteiger partial charge in [0.2, 0.25) is 0 Å². The van der Waals surface area contributed by atoms with Gasteiger partial charge in [-0.2, -0.15) is 0 Å². The maximum atomic E-state index is 5.40. The van der Waals surface area contributed by atoms with Gasteiger partial charge in [0.1, 0.15) is 0 Å². The number of rotatable bonds is 3. The Balaban J connectivity index is 2.13. The Morgan fingerprint density at radius 2 is 1.71 bits per heavy atom. The monoisotopic (exact) mass is 297 g/mol. The van der Waals surface area contributed by atoms with Crippen molar-refractivity contribution in [2.75, 3.05) is 0 Å². The van der Waals surface area contributed by atoms with Crippen LogP contribution < -0.4 is 4.80 Å². The third kappa shape index (κ3) is 2.64. The standard InChI is InChI=1S/C16H16N4S/c1-12(2)14-10-6-7-11-15(14)19-16(21)17-20(18-19)13-8-4-3-5-9-13/h3-12H,1-2H3/p+1. The molecule has 1 heterocycles. The molecule has 0 aliphatic heterocycles. The van der Waals surface area contributed by atoms with E-state index in [1.807, 2.05) is 47.1 Å². The van der Waals surface area contributed by atoms with E-state index < -0.39 is 0 Å². The summed E-state index contributed by atoms with van der Waals surface area (Å²) in [6.45, 7) is 4.34. The van der Waals surface area contributed by atoms with Crippen LogP contribution in [0.3, 0.4) is 0 Å². The zero-order valence-electron chi connectivity index (χ0n) is 12.0. The molecular weight excluding hydrogens is 280 g/mol. The highest BCUT2D eigenvalue weighted by molar-refractivity contribution is 7.71. The van der Waals surface area contributed by atoms with Gasteiger partial charge in [0, 0.05) is 10.7 Å². The molecule has 4 nitrogen and oxygen atoms in total. The molecule has 3 rings (SSSR count). The molecule has 5 heteroatoms. The van der Waals surface area contributed by atoms with Crippen molar-refractivity contribution in [3.8, 4) is 11.4 Å². The lowest BCUT2D eigenvalue weighted by Gasteiger charge is -2.07. The van der Waals surface area contributed by atoms with Gasteiger partial charge in [-0.05, 0) is 41.1 Å². The first-order chi connectivity index (χ1) is 10.2. The van der Waals surface area contributed by atoms with Crippen LogP contribution in [0.15, 0.2) is 54.6 Å². The first kappa shape index (κ1) is 13.7. The van der Waals surface area contributed by atoms with Crippen LogP contribution in [-0.2, 0) is 0 Å². The summed E-state index contributed by atoms with van der Waals surface area (Å²) < 4.78 is 2.35. The molecule has 0 fully saturated rings. The number of aromatic nitrogens is 4. The van der Waals surface area contributed by atoms with Gasteiger partial charge >= 0.3 is 4.77 Å². The van der Waals surface area contributed by atoms with Gasteiger partial charge in [-0.25, -0.2) is 0 Å². The molecule has 0 saturated carbocycles. The SMILES string of the molecule is CC(C)c1ccccc1-n1[nH][n+](-c2ccccc2)nc1=S. The number of nitrogens with one attached hydrogen (secondary N) is 1. The summed E-state index contributed by atoms with van der Waals surface area (Å²) in [5.41, 5.74) is 3.22. The Bertz CT molecular complexity index is 802. The van der Waals surface area contributed by atoms with Crippen LogP contribution in [0.1, 0.15) is 25.3 Å². The molecule has 1 aromatic heterocycles. The molecule has 0 amide bonds. The van der Waals surface area contributed by atoms with E-state index in [4.69, 9.17) is 12.2 Å². The number of tetrazole rings is 1.